The van der Waals surface area contributed by atoms with Crippen molar-refractivity contribution in [1.82, 2.24) is 5.43 Å². The molecule has 0 fully saturated rings. The molecule has 4 nitrogen and oxygen atoms in total. The van der Waals surface area contributed by atoms with Crippen molar-refractivity contribution in [3.63, 3.8) is 0 Å². The highest BCUT2D eigenvalue weighted by Gasteiger charge is 2.03. The summed E-state index contributed by atoms with van der Waals surface area (Å²) in [5, 5.41) is 1.68. The van der Waals surface area contributed by atoms with E-state index >= 15 is 0 Å². The van der Waals surface area contributed by atoms with Gasteiger partial charge in [-0.3, -0.25) is 5.01 Å². The Hall–Kier alpha value is -1.71. The number of hydrazine groups is 1. The monoisotopic (exact) mass is 179 g/mol. The van der Waals surface area contributed by atoms with Gasteiger partial charge in [0.05, 0.1) is 5.69 Å². The van der Waals surface area contributed by atoms with Gasteiger partial charge < -0.3 is 5.73 Å². The van der Waals surface area contributed by atoms with Gasteiger partial charge >= 0.3 is 6.03 Å². The zero-order chi connectivity index (χ0) is 9.68. The molecule has 0 saturated heterocycles. The zero-order valence-electron chi connectivity index (χ0n) is 7.53. The quantitative estimate of drug-likeness (QED) is 0.682. The first-order valence-corrected chi connectivity index (χ1v) is 4.12. The number of carbonyl (C=O) groups is 1. The Morgan fingerprint density at radius 2 is 2.08 bits per heavy atom. The third-order valence-corrected chi connectivity index (χ3v) is 1.63. The van der Waals surface area contributed by atoms with Gasteiger partial charge in [-0.2, -0.15) is 0 Å². The van der Waals surface area contributed by atoms with E-state index in [-0.39, 0.29) is 0 Å². The summed E-state index contributed by atoms with van der Waals surface area (Å²) in [5.74, 6) is 0. The second kappa shape index (κ2) is 4.35. The van der Waals surface area contributed by atoms with Crippen LogP contribution in [0.3, 0.4) is 0 Å². The van der Waals surface area contributed by atoms with Crippen molar-refractivity contribution in [3.8, 4) is 0 Å². The van der Waals surface area contributed by atoms with Crippen molar-refractivity contribution in [2.45, 2.75) is 6.92 Å². The average molecular weight is 179 g/mol. The molecule has 0 bridgehead atoms. The van der Waals surface area contributed by atoms with Crippen molar-refractivity contribution in [2.24, 2.45) is 5.73 Å². The van der Waals surface area contributed by atoms with Crippen LogP contribution in [-0.2, 0) is 0 Å². The predicted octanol–water partition coefficient (Wildman–Crippen LogP) is 1.10. The van der Waals surface area contributed by atoms with Crippen LogP contribution >= 0.6 is 0 Å². The molecular weight excluding hydrogens is 166 g/mol. The highest BCUT2D eigenvalue weighted by atomic mass is 16.2. The summed E-state index contributed by atoms with van der Waals surface area (Å²) in [4.78, 5) is 10.6. The minimum absolute atomic E-state index is 0.550. The second-order valence-corrected chi connectivity index (χ2v) is 2.56. The molecule has 13 heavy (non-hydrogen) atoms. The maximum Gasteiger partial charge on any atom is 0.330 e. The van der Waals surface area contributed by atoms with Crippen LogP contribution in [-0.4, -0.2) is 12.6 Å². The lowest BCUT2D eigenvalue weighted by molar-refractivity contribution is 0.248. The fraction of sp³-hybridized carbons (Fsp3) is 0.222. The van der Waals surface area contributed by atoms with Gasteiger partial charge in [0.1, 0.15) is 0 Å². The van der Waals surface area contributed by atoms with Crippen LogP contribution in [0.15, 0.2) is 30.3 Å². The fourth-order valence-corrected chi connectivity index (χ4v) is 1.07. The number of hydrogen-bond acceptors (Lipinski definition) is 2. The number of carbonyl (C=O) groups excluding carboxylic acids is 1. The van der Waals surface area contributed by atoms with Crippen LogP contribution in [0.4, 0.5) is 10.5 Å². The molecule has 1 rings (SSSR count). The van der Waals surface area contributed by atoms with Crippen LogP contribution in [0.2, 0.25) is 0 Å². The van der Waals surface area contributed by atoms with Gasteiger partial charge in [-0.05, 0) is 19.1 Å². The molecule has 0 spiro atoms. The normalized spacial score (nSPS) is 9.31. The number of hydrogen-bond donors (Lipinski definition) is 2. The van der Waals surface area contributed by atoms with E-state index in [0.717, 1.165) is 5.69 Å². The number of primary amides is 1. The Bertz CT molecular complexity index is 273. The van der Waals surface area contributed by atoms with Crippen LogP contribution < -0.4 is 16.2 Å². The van der Waals surface area contributed by atoms with E-state index in [0.29, 0.717) is 6.54 Å². The summed E-state index contributed by atoms with van der Waals surface area (Å²) in [5.41, 5.74) is 8.45. The average Bonchev–Trinajstić information content (AvgIpc) is 2.15. The summed E-state index contributed by atoms with van der Waals surface area (Å²) in [7, 11) is 0. The van der Waals surface area contributed by atoms with Crippen molar-refractivity contribution in [2.75, 3.05) is 11.6 Å². The minimum Gasteiger partial charge on any atom is -0.350 e. The Labute approximate surface area is 77.3 Å². The molecule has 0 aliphatic heterocycles. The van der Waals surface area contributed by atoms with E-state index in [2.05, 4.69) is 5.43 Å². The van der Waals surface area contributed by atoms with Crippen LogP contribution in [0.5, 0.6) is 0 Å². The smallest absolute Gasteiger partial charge is 0.330 e. The van der Waals surface area contributed by atoms with Gasteiger partial charge in [0, 0.05) is 6.54 Å². The predicted molar refractivity (Wildman–Crippen MR) is 52.2 cm³/mol. The summed E-state index contributed by atoms with van der Waals surface area (Å²) in [6.07, 6.45) is 0. The maximum atomic E-state index is 10.6. The van der Waals surface area contributed by atoms with Crippen molar-refractivity contribution >= 4 is 11.7 Å². The standard InChI is InChI=1S/C9H13N3O/c1-2-12(11-9(10)13)8-6-4-3-5-7-8/h3-7H,2H2,1H3,(H3,10,11,13). The Morgan fingerprint density at radius 3 is 2.54 bits per heavy atom. The maximum absolute atomic E-state index is 10.6. The van der Waals surface area contributed by atoms with E-state index < -0.39 is 6.03 Å². The van der Waals surface area contributed by atoms with E-state index in [1.807, 2.05) is 37.3 Å². The first kappa shape index (κ1) is 9.38. The molecule has 0 aliphatic rings. The minimum atomic E-state index is -0.550. The molecule has 0 aliphatic carbocycles. The highest BCUT2D eigenvalue weighted by molar-refractivity contribution is 5.73. The van der Waals surface area contributed by atoms with E-state index in [4.69, 9.17) is 5.73 Å². The Balaban J connectivity index is 2.73. The summed E-state index contributed by atoms with van der Waals surface area (Å²) in [6.45, 7) is 2.61. The molecular formula is C9H13N3O. The Kier molecular flexibility index (Phi) is 3.14. The lowest BCUT2D eigenvalue weighted by Crippen LogP contribution is -2.45. The van der Waals surface area contributed by atoms with Gasteiger partial charge in [0.15, 0.2) is 0 Å². The topological polar surface area (TPSA) is 58.4 Å². The third kappa shape index (κ3) is 2.66. The number of anilines is 1. The SMILES string of the molecule is CCN(NC(N)=O)c1ccccc1. The van der Waals surface area contributed by atoms with Crippen molar-refractivity contribution in [3.05, 3.63) is 30.3 Å². The second-order valence-electron chi connectivity index (χ2n) is 2.56. The van der Waals surface area contributed by atoms with Gasteiger partial charge in [0.2, 0.25) is 0 Å². The van der Waals surface area contributed by atoms with Gasteiger partial charge in [-0.15, -0.1) is 0 Å². The summed E-state index contributed by atoms with van der Waals surface area (Å²) >= 11 is 0. The molecule has 0 unspecified atom stereocenters. The molecule has 0 atom stereocenters. The van der Waals surface area contributed by atoms with E-state index in [9.17, 15) is 4.79 Å². The number of benzene rings is 1. The number of nitrogens with one attached hydrogen (secondary N) is 1. The largest absolute Gasteiger partial charge is 0.350 e. The van der Waals surface area contributed by atoms with E-state index in [1.165, 1.54) is 0 Å². The first-order valence-electron chi connectivity index (χ1n) is 4.12. The fourth-order valence-electron chi connectivity index (χ4n) is 1.07. The molecule has 70 valence electrons. The molecule has 0 radical (unpaired) electrons. The zero-order valence-corrected chi connectivity index (χ0v) is 7.53. The number of urea groups is 1. The lowest BCUT2D eigenvalue weighted by atomic mass is 10.3. The van der Waals surface area contributed by atoms with Crippen LogP contribution in [0.25, 0.3) is 0 Å². The number of amides is 2. The highest BCUT2D eigenvalue weighted by Crippen LogP contribution is 2.09. The van der Waals surface area contributed by atoms with Gasteiger partial charge in [-0.25, -0.2) is 10.2 Å². The molecule has 1 aromatic carbocycles. The molecule has 3 N–H and O–H groups in total. The molecule has 2 amide bonds. The van der Waals surface area contributed by atoms with Crippen molar-refractivity contribution < 1.29 is 4.79 Å². The molecule has 0 aromatic heterocycles. The summed E-state index contributed by atoms with van der Waals surface area (Å²) < 4.78 is 0. The van der Waals surface area contributed by atoms with E-state index in [1.54, 1.807) is 5.01 Å². The van der Waals surface area contributed by atoms with Gasteiger partial charge in [0.25, 0.3) is 0 Å². The number of nitrogens with two attached hydrogens (primary N) is 1. The molecule has 0 heterocycles. The van der Waals surface area contributed by atoms with Crippen LogP contribution in [0, 0.1) is 0 Å². The summed E-state index contributed by atoms with van der Waals surface area (Å²) in [6, 6.07) is 8.98. The third-order valence-electron chi connectivity index (χ3n) is 1.63. The van der Waals surface area contributed by atoms with Crippen LogP contribution in [0.1, 0.15) is 6.92 Å². The molecule has 4 heteroatoms. The Morgan fingerprint density at radius 1 is 1.46 bits per heavy atom. The number of rotatable bonds is 3. The van der Waals surface area contributed by atoms with Gasteiger partial charge in [-0.1, -0.05) is 18.2 Å². The lowest BCUT2D eigenvalue weighted by Gasteiger charge is -2.22. The molecule has 1 aromatic rings. The van der Waals surface area contributed by atoms with Crippen molar-refractivity contribution in [1.29, 1.82) is 0 Å². The number of para-hydroxylation sites is 1. The molecule has 0 saturated carbocycles. The number of nitrogens with zero attached hydrogens (tertiary/aromatic N) is 1. The first-order chi connectivity index (χ1) is 6.24.